The van der Waals surface area contributed by atoms with E-state index < -0.39 is 21.8 Å². The number of hydrogen-bond donors (Lipinski definition) is 2. The molecular weight excluding hydrogens is 458 g/mol. The fourth-order valence-corrected chi connectivity index (χ4v) is 3.62. The van der Waals surface area contributed by atoms with Gasteiger partial charge in [-0.15, -0.1) is 4.83 Å². The minimum Gasteiger partial charge on any atom is -0.289 e. The Hall–Kier alpha value is -1.27. The van der Waals surface area contributed by atoms with Gasteiger partial charge in [-0.05, 0) is 52.3 Å². The highest BCUT2D eigenvalue weighted by molar-refractivity contribution is 14.1. The number of nitrogens with zero attached hydrogens (tertiary/aromatic N) is 1. The van der Waals surface area contributed by atoms with Crippen molar-refractivity contribution in [1.29, 1.82) is 0 Å². The second-order valence-corrected chi connectivity index (χ2v) is 8.11. The molecule has 5 nitrogen and oxygen atoms in total. The summed E-state index contributed by atoms with van der Waals surface area (Å²) in [5, 5.41) is 0.904. The average molecular weight is 473 g/mol. The van der Waals surface area contributed by atoms with E-state index in [-0.39, 0.29) is 14.5 Å². The minimum atomic E-state index is -4.51. The summed E-state index contributed by atoms with van der Waals surface area (Å²) in [5.41, 5.74) is 2.35. The van der Waals surface area contributed by atoms with Crippen molar-refractivity contribution < 1.29 is 21.6 Å². The van der Waals surface area contributed by atoms with Gasteiger partial charge in [0.2, 0.25) is 0 Å². The fraction of sp³-hybridized carbons (Fsp3) is 0.286. The maximum Gasteiger partial charge on any atom is 0.417 e. The van der Waals surface area contributed by atoms with Crippen LogP contribution in [0.4, 0.5) is 13.2 Å². The van der Waals surface area contributed by atoms with E-state index in [2.05, 4.69) is 10.3 Å². The smallest absolute Gasteiger partial charge is 0.289 e. The molecular formula is C14H15F3IN3O2S. The van der Waals surface area contributed by atoms with Gasteiger partial charge in [0.1, 0.15) is 3.70 Å². The van der Waals surface area contributed by atoms with Crippen LogP contribution in [0.3, 0.4) is 0 Å². The quantitative estimate of drug-likeness (QED) is 0.519. The van der Waals surface area contributed by atoms with Crippen molar-refractivity contribution in [3.05, 3.63) is 51.4 Å². The maximum absolute atomic E-state index is 12.6. The van der Waals surface area contributed by atoms with E-state index in [1.54, 1.807) is 34.7 Å². The second-order valence-electron chi connectivity index (χ2n) is 5.35. The molecule has 0 spiro atoms. The first-order valence-electron chi connectivity index (χ1n) is 6.84. The summed E-state index contributed by atoms with van der Waals surface area (Å²) in [7, 11) is -3.93. The van der Waals surface area contributed by atoms with E-state index in [0.29, 0.717) is 6.20 Å². The van der Waals surface area contributed by atoms with Crippen molar-refractivity contribution in [2.75, 3.05) is 0 Å². The highest BCUT2D eigenvalue weighted by atomic mass is 127. The molecule has 2 rings (SSSR count). The number of rotatable bonds is 4. The Kier molecular flexibility index (Phi) is 5.50. The molecule has 1 aromatic carbocycles. The Morgan fingerprint density at radius 1 is 1.21 bits per heavy atom. The molecule has 10 heteroatoms. The lowest BCUT2D eigenvalue weighted by atomic mass is 10.0. The molecule has 1 heterocycles. The molecule has 0 atom stereocenters. The molecule has 1 aliphatic rings. The van der Waals surface area contributed by atoms with Crippen LogP contribution in [-0.4, -0.2) is 19.7 Å². The Labute approximate surface area is 151 Å². The largest absolute Gasteiger partial charge is 0.417 e. The third kappa shape index (κ3) is 4.42. The third-order valence-electron chi connectivity index (χ3n) is 3.23. The first-order valence-corrected chi connectivity index (χ1v) is 9.40. The van der Waals surface area contributed by atoms with Gasteiger partial charge >= 0.3 is 6.18 Å². The summed E-state index contributed by atoms with van der Waals surface area (Å²) >= 11 is 1.60. The SMILES string of the molecule is CC(C)c1ccc(S(=O)(=O)NN2NC=C(C(F)(F)F)C=C2I)cc1. The molecule has 24 heavy (non-hydrogen) atoms. The Morgan fingerprint density at radius 3 is 2.25 bits per heavy atom. The number of alkyl halides is 3. The number of benzene rings is 1. The summed E-state index contributed by atoms with van der Waals surface area (Å²) in [6.07, 6.45) is -2.99. The highest BCUT2D eigenvalue weighted by Gasteiger charge is 2.35. The molecule has 0 fully saturated rings. The predicted octanol–water partition coefficient (Wildman–Crippen LogP) is 3.55. The van der Waals surface area contributed by atoms with Crippen molar-refractivity contribution in [3.63, 3.8) is 0 Å². The first-order chi connectivity index (χ1) is 11.0. The van der Waals surface area contributed by atoms with Crippen molar-refractivity contribution in [1.82, 2.24) is 15.4 Å². The van der Waals surface area contributed by atoms with Crippen LogP contribution in [0, 0.1) is 0 Å². The lowest BCUT2D eigenvalue weighted by Gasteiger charge is -2.28. The molecule has 0 saturated carbocycles. The van der Waals surface area contributed by atoms with E-state index in [4.69, 9.17) is 0 Å². The van der Waals surface area contributed by atoms with E-state index in [1.165, 1.54) is 12.1 Å². The summed E-state index contributed by atoms with van der Waals surface area (Å²) in [6, 6.07) is 6.31. The molecule has 0 saturated heterocycles. The lowest BCUT2D eigenvalue weighted by Crippen LogP contribution is -2.48. The molecule has 0 aliphatic carbocycles. The molecule has 2 N–H and O–H groups in total. The average Bonchev–Trinajstić information content (AvgIpc) is 2.48. The van der Waals surface area contributed by atoms with Gasteiger partial charge in [-0.25, -0.2) is 8.42 Å². The summed E-state index contributed by atoms with van der Waals surface area (Å²) in [5.74, 6) is 0.258. The number of hydrogen-bond acceptors (Lipinski definition) is 4. The summed E-state index contributed by atoms with van der Waals surface area (Å²) in [4.78, 5) is 2.21. The molecule has 0 aromatic heterocycles. The number of allylic oxidation sites excluding steroid dienone is 2. The topological polar surface area (TPSA) is 61.4 Å². The summed E-state index contributed by atoms with van der Waals surface area (Å²) in [6.45, 7) is 3.97. The zero-order valence-corrected chi connectivity index (χ0v) is 15.7. The molecule has 0 unspecified atom stereocenters. The van der Waals surface area contributed by atoms with Crippen LogP contribution in [0.5, 0.6) is 0 Å². The Morgan fingerprint density at radius 2 is 1.79 bits per heavy atom. The number of sulfonamides is 1. The maximum atomic E-state index is 12.6. The van der Waals surface area contributed by atoms with Crippen LogP contribution in [0.15, 0.2) is 50.7 Å². The van der Waals surface area contributed by atoms with Gasteiger partial charge in [0, 0.05) is 6.20 Å². The molecule has 132 valence electrons. The monoisotopic (exact) mass is 473 g/mol. The van der Waals surface area contributed by atoms with Crippen LogP contribution in [-0.2, 0) is 10.0 Å². The van der Waals surface area contributed by atoms with Crippen LogP contribution < -0.4 is 10.3 Å². The van der Waals surface area contributed by atoms with Gasteiger partial charge in [0.15, 0.2) is 0 Å². The zero-order chi connectivity index (χ0) is 18.1. The number of nitrogens with one attached hydrogen (secondary N) is 2. The van der Waals surface area contributed by atoms with Crippen molar-refractivity contribution in [3.8, 4) is 0 Å². The van der Waals surface area contributed by atoms with Crippen LogP contribution in [0.2, 0.25) is 0 Å². The number of hydrazine groups is 2. The molecule has 0 amide bonds. The standard InChI is InChI=1S/C14H15F3IN3O2S/c1-9(2)10-3-5-12(6-4-10)24(22,23)20-21-13(18)7-11(8-19-21)14(15,16)17/h3-9,19-20H,1-2H3. The van der Waals surface area contributed by atoms with Crippen molar-refractivity contribution >= 4 is 32.6 Å². The van der Waals surface area contributed by atoms with Gasteiger partial charge in [-0.1, -0.05) is 26.0 Å². The first kappa shape index (κ1) is 19.1. The summed E-state index contributed by atoms with van der Waals surface area (Å²) < 4.78 is 62.6. The van der Waals surface area contributed by atoms with Gasteiger partial charge in [0.05, 0.1) is 10.5 Å². The van der Waals surface area contributed by atoms with E-state index in [1.807, 2.05) is 13.8 Å². The molecule has 1 aromatic rings. The number of halogens is 4. The Bertz CT molecular complexity index is 771. The van der Waals surface area contributed by atoms with Crippen LogP contribution in [0.25, 0.3) is 0 Å². The van der Waals surface area contributed by atoms with Crippen molar-refractivity contribution in [2.45, 2.75) is 30.8 Å². The van der Waals surface area contributed by atoms with Gasteiger partial charge < -0.3 is 0 Å². The second kappa shape index (κ2) is 6.92. The molecule has 0 radical (unpaired) electrons. The van der Waals surface area contributed by atoms with E-state index in [9.17, 15) is 21.6 Å². The predicted molar refractivity (Wildman–Crippen MR) is 92.1 cm³/mol. The normalized spacial score (nSPS) is 15.9. The van der Waals surface area contributed by atoms with Gasteiger partial charge in [0.25, 0.3) is 10.0 Å². The molecule has 1 aliphatic heterocycles. The third-order valence-corrected chi connectivity index (χ3v) is 5.34. The Balaban J connectivity index is 2.16. The van der Waals surface area contributed by atoms with Gasteiger partial charge in [-0.2, -0.15) is 18.3 Å². The lowest BCUT2D eigenvalue weighted by molar-refractivity contribution is -0.0895. The van der Waals surface area contributed by atoms with Crippen molar-refractivity contribution in [2.24, 2.45) is 0 Å². The van der Waals surface area contributed by atoms with Crippen LogP contribution >= 0.6 is 22.6 Å². The zero-order valence-electron chi connectivity index (χ0n) is 12.7. The fourth-order valence-electron chi connectivity index (χ4n) is 1.87. The molecule has 0 bridgehead atoms. The van der Waals surface area contributed by atoms with Crippen LogP contribution in [0.1, 0.15) is 25.3 Å². The highest BCUT2D eigenvalue weighted by Crippen LogP contribution is 2.30. The van der Waals surface area contributed by atoms with Gasteiger partial charge in [-0.3, -0.25) is 5.43 Å². The van der Waals surface area contributed by atoms with E-state index >= 15 is 0 Å². The minimum absolute atomic E-state index is 0.0171. The van der Waals surface area contributed by atoms with E-state index in [0.717, 1.165) is 16.8 Å².